The highest BCUT2D eigenvalue weighted by Crippen LogP contribution is 2.57. The smallest absolute Gasteiger partial charge is 0.274 e. The van der Waals surface area contributed by atoms with E-state index < -0.39 is 73.1 Å². The lowest BCUT2D eigenvalue weighted by molar-refractivity contribution is -0.569. The SMILES string of the molecule is C=C(C)C(F)(F)C(F)OC(F)(F)C(F)(OC(F)(F)C(F)(OC(F)(F)C(C)(F)F)C(F)(F)F)C(F)(F)F. The largest absolute Gasteiger partial charge is 0.458 e. The molecule has 0 rings (SSSR count). The van der Waals surface area contributed by atoms with Crippen LogP contribution in [0.4, 0.5) is 83.4 Å². The van der Waals surface area contributed by atoms with Gasteiger partial charge in [0.2, 0.25) is 0 Å². The molecule has 0 aromatic rings. The number of hydrogen-bond donors (Lipinski definition) is 0. The highest BCUT2D eigenvalue weighted by Gasteiger charge is 2.85. The third-order valence-electron chi connectivity index (χ3n) is 3.63. The molecule has 0 N–H and O–H groups in total. The van der Waals surface area contributed by atoms with E-state index >= 15 is 0 Å². The highest BCUT2D eigenvalue weighted by atomic mass is 19.4. The number of rotatable bonds is 11. The fraction of sp³-hybridized carbons (Fsp3) is 0.857. The molecule has 0 amide bonds. The maximum absolute atomic E-state index is 14.0. The van der Waals surface area contributed by atoms with Crippen molar-refractivity contribution in [2.24, 2.45) is 0 Å². The Bertz CT molecular complexity index is 797. The van der Waals surface area contributed by atoms with Crippen molar-refractivity contribution in [1.29, 1.82) is 0 Å². The Hall–Kier alpha value is -1.71. The molecule has 0 aliphatic heterocycles. The molecule has 3 atom stereocenters. The van der Waals surface area contributed by atoms with Crippen molar-refractivity contribution < 1.29 is 97.6 Å². The second kappa shape index (κ2) is 9.24. The zero-order valence-electron chi connectivity index (χ0n) is 16.7. The first-order chi connectivity index (χ1) is 15.2. The third kappa shape index (κ3) is 6.05. The van der Waals surface area contributed by atoms with E-state index in [1.165, 1.54) is 4.74 Å². The van der Waals surface area contributed by atoms with E-state index in [1.807, 2.05) is 0 Å². The minimum absolute atomic E-state index is 0.104. The van der Waals surface area contributed by atoms with Gasteiger partial charge in [-0.05, 0) is 12.5 Å². The Morgan fingerprint density at radius 1 is 0.583 bits per heavy atom. The molecule has 22 heteroatoms. The van der Waals surface area contributed by atoms with Crippen molar-refractivity contribution >= 4 is 0 Å². The van der Waals surface area contributed by atoms with E-state index in [9.17, 15) is 83.4 Å². The topological polar surface area (TPSA) is 27.7 Å². The Kier molecular flexibility index (Phi) is 8.80. The number of ether oxygens (including phenoxy) is 3. The van der Waals surface area contributed by atoms with Crippen LogP contribution in [0.5, 0.6) is 0 Å². The predicted octanol–water partition coefficient (Wildman–Crippen LogP) is 7.43. The van der Waals surface area contributed by atoms with E-state index in [0.717, 1.165) is 0 Å². The molecule has 0 fully saturated rings. The third-order valence-corrected chi connectivity index (χ3v) is 3.63. The molecule has 3 nitrogen and oxygen atoms in total. The van der Waals surface area contributed by atoms with Gasteiger partial charge in [-0.1, -0.05) is 6.58 Å². The molecule has 0 radical (unpaired) electrons. The van der Waals surface area contributed by atoms with Gasteiger partial charge in [0.05, 0.1) is 0 Å². The summed E-state index contributed by atoms with van der Waals surface area (Å²) in [5, 5.41) is 0. The second-order valence-corrected chi connectivity index (χ2v) is 6.67. The van der Waals surface area contributed by atoms with Crippen molar-refractivity contribution in [2.75, 3.05) is 0 Å². The van der Waals surface area contributed by atoms with Gasteiger partial charge in [-0.15, -0.1) is 0 Å². The van der Waals surface area contributed by atoms with Gasteiger partial charge < -0.3 is 0 Å². The van der Waals surface area contributed by atoms with Gasteiger partial charge in [0.1, 0.15) is 0 Å². The summed E-state index contributed by atoms with van der Waals surface area (Å²) in [6.07, 6.45) is -43.7. The zero-order valence-corrected chi connectivity index (χ0v) is 16.7. The number of alkyl halides is 19. The van der Waals surface area contributed by atoms with Gasteiger partial charge >= 0.3 is 54.2 Å². The molecule has 0 aromatic heterocycles. The Morgan fingerprint density at radius 3 is 1.17 bits per heavy atom. The van der Waals surface area contributed by atoms with Crippen LogP contribution < -0.4 is 0 Å². The first-order valence-electron chi connectivity index (χ1n) is 8.02. The summed E-state index contributed by atoms with van der Waals surface area (Å²) in [6.45, 7) is 1.25. The molecule has 0 aromatic carbocycles. The quantitative estimate of drug-likeness (QED) is 0.186. The van der Waals surface area contributed by atoms with Crippen LogP contribution in [-0.4, -0.2) is 60.6 Å². The summed E-state index contributed by atoms with van der Waals surface area (Å²) in [4.78, 5) is 0. The molecule has 216 valence electrons. The van der Waals surface area contributed by atoms with E-state index in [2.05, 4.69) is 11.3 Å². The summed E-state index contributed by atoms with van der Waals surface area (Å²) < 4.78 is 256. The van der Waals surface area contributed by atoms with E-state index in [1.54, 1.807) is 4.74 Å². The second-order valence-electron chi connectivity index (χ2n) is 6.67. The Balaban J connectivity index is 6.85. The van der Waals surface area contributed by atoms with Crippen LogP contribution in [0.1, 0.15) is 13.8 Å². The van der Waals surface area contributed by atoms with Crippen molar-refractivity contribution in [2.45, 2.75) is 74.4 Å². The first kappa shape index (κ1) is 34.3. The molecular formula is C14H9F19O3. The lowest BCUT2D eigenvalue weighted by Crippen LogP contribution is -2.69. The van der Waals surface area contributed by atoms with Crippen LogP contribution in [0, 0.1) is 0 Å². The van der Waals surface area contributed by atoms with Gasteiger partial charge in [-0.3, -0.25) is 14.2 Å². The van der Waals surface area contributed by atoms with Gasteiger partial charge in [0, 0.05) is 6.92 Å². The van der Waals surface area contributed by atoms with Crippen molar-refractivity contribution in [3.05, 3.63) is 12.2 Å². The van der Waals surface area contributed by atoms with E-state index in [-0.39, 0.29) is 6.92 Å². The van der Waals surface area contributed by atoms with Crippen molar-refractivity contribution in [3.63, 3.8) is 0 Å². The maximum Gasteiger partial charge on any atom is 0.458 e. The molecule has 0 aliphatic carbocycles. The average molecular weight is 586 g/mol. The van der Waals surface area contributed by atoms with Crippen LogP contribution in [0.3, 0.4) is 0 Å². The summed E-state index contributed by atoms with van der Waals surface area (Å²) >= 11 is 0. The molecular weight excluding hydrogens is 577 g/mol. The summed E-state index contributed by atoms with van der Waals surface area (Å²) in [5.41, 5.74) is -1.84. The van der Waals surface area contributed by atoms with Crippen LogP contribution in [0.25, 0.3) is 0 Å². The zero-order chi connectivity index (χ0) is 29.8. The minimum Gasteiger partial charge on any atom is -0.274 e. The minimum atomic E-state index is -8.14. The molecule has 0 aliphatic rings. The van der Waals surface area contributed by atoms with Crippen LogP contribution in [0.2, 0.25) is 0 Å². The molecule has 3 unspecified atom stereocenters. The van der Waals surface area contributed by atoms with Crippen molar-refractivity contribution in [1.82, 2.24) is 0 Å². The fourth-order valence-corrected chi connectivity index (χ4v) is 1.55. The Morgan fingerprint density at radius 2 is 0.889 bits per heavy atom. The number of hydrogen-bond acceptors (Lipinski definition) is 3. The molecule has 0 saturated heterocycles. The predicted molar refractivity (Wildman–Crippen MR) is 73.2 cm³/mol. The molecule has 0 heterocycles. The van der Waals surface area contributed by atoms with E-state index in [4.69, 9.17) is 0 Å². The van der Waals surface area contributed by atoms with Gasteiger partial charge in [-0.25, -0.2) is 4.39 Å². The molecule has 36 heavy (non-hydrogen) atoms. The van der Waals surface area contributed by atoms with Gasteiger partial charge in [-0.2, -0.15) is 79.0 Å². The van der Waals surface area contributed by atoms with Gasteiger partial charge in [0.25, 0.3) is 6.36 Å². The summed E-state index contributed by atoms with van der Waals surface area (Å²) in [7, 11) is 0. The summed E-state index contributed by atoms with van der Waals surface area (Å²) in [5.74, 6) is -27.5. The average Bonchev–Trinajstić information content (AvgIpc) is 2.56. The van der Waals surface area contributed by atoms with E-state index in [0.29, 0.717) is 0 Å². The van der Waals surface area contributed by atoms with Crippen LogP contribution >= 0.6 is 0 Å². The first-order valence-corrected chi connectivity index (χ1v) is 8.02. The molecule has 0 bridgehead atoms. The molecule has 0 spiro atoms. The highest BCUT2D eigenvalue weighted by molar-refractivity contribution is 5.06. The number of halogens is 19. The monoisotopic (exact) mass is 586 g/mol. The summed E-state index contributed by atoms with van der Waals surface area (Å²) in [6, 6.07) is 0. The standard InChI is InChI=1S/C14H9F19O3/c1-4(2)7(18,19)5(15)34-13(30,31)8(20,10(22,23)24)36-14(32,33)9(21,11(25,26)27)35-12(28,29)6(3,16)17/h5H,1H2,2-3H3. The van der Waals surface area contributed by atoms with Crippen LogP contribution in [-0.2, 0) is 14.2 Å². The fourth-order valence-electron chi connectivity index (χ4n) is 1.55. The normalized spacial score (nSPS) is 19.5. The lowest BCUT2D eigenvalue weighted by atomic mass is 10.2. The molecule has 0 saturated carbocycles. The van der Waals surface area contributed by atoms with Gasteiger partial charge in [0.15, 0.2) is 0 Å². The lowest BCUT2D eigenvalue weighted by Gasteiger charge is -2.41. The maximum atomic E-state index is 14.0. The Labute approximate surface area is 185 Å². The van der Waals surface area contributed by atoms with Crippen molar-refractivity contribution in [3.8, 4) is 0 Å². The van der Waals surface area contributed by atoms with Crippen LogP contribution in [0.15, 0.2) is 12.2 Å².